The van der Waals surface area contributed by atoms with Crippen LogP contribution in [0.4, 0.5) is 0 Å². The van der Waals surface area contributed by atoms with Gasteiger partial charge in [0.05, 0.1) is 6.54 Å². The van der Waals surface area contributed by atoms with Crippen LogP contribution in [0.25, 0.3) is 0 Å². The lowest BCUT2D eigenvalue weighted by atomic mass is 9.93. The molecule has 1 rings (SSSR count). The molecule has 0 spiro atoms. The molecule has 13 heavy (non-hydrogen) atoms. The van der Waals surface area contributed by atoms with Crippen LogP contribution in [-0.4, -0.2) is 30.3 Å². The van der Waals surface area contributed by atoms with Gasteiger partial charge in [-0.3, -0.25) is 9.69 Å². The van der Waals surface area contributed by atoms with Crippen molar-refractivity contribution in [2.75, 3.05) is 19.6 Å². The predicted octanol–water partition coefficient (Wildman–Crippen LogP) is 1.31. The van der Waals surface area contributed by atoms with E-state index in [-0.39, 0.29) is 0 Å². The Morgan fingerprint density at radius 3 is 2.54 bits per heavy atom. The van der Waals surface area contributed by atoms with Gasteiger partial charge in [-0.2, -0.15) is 0 Å². The van der Waals surface area contributed by atoms with Gasteiger partial charge in [-0.15, -0.1) is 5.92 Å². The van der Waals surface area contributed by atoms with E-state index in [1.54, 1.807) is 6.92 Å². The van der Waals surface area contributed by atoms with Crippen molar-refractivity contribution in [3.8, 4) is 11.8 Å². The van der Waals surface area contributed by atoms with Gasteiger partial charge in [0, 0.05) is 5.92 Å². The van der Waals surface area contributed by atoms with Crippen molar-refractivity contribution in [2.24, 2.45) is 5.92 Å². The fourth-order valence-corrected chi connectivity index (χ4v) is 1.69. The maximum atomic E-state index is 11.1. The van der Waals surface area contributed by atoms with E-state index in [1.807, 2.05) is 6.92 Å². The summed E-state index contributed by atoms with van der Waals surface area (Å²) in [6, 6.07) is 0. The molecular formula is C11H17NO. The number of hydrogen-bond donors (Lipinski definition) is 0. The van der Waals surface area contributed by atoms with Gasteiger partial charge in [0.1, 0.15) is 5.78 Å². The largest absolute Gasteiger partial charge is 0.300 e. The molecule has 0 unspecified atom stereocenters. The normalized spacial score (nSPS) is 19.2. The molecule has 0 saturated carbocycles. The van der Waals surface area contributed by atoms with Crippen molar-refractivity contribution >= 4 is 5.78 Å². The van der Waals surface area contributed by atoms with Crippen molar-refractivity contribution in [1.29, 1.82) is 0 Å². The molecule has 0 amide bonds. The Balaban J connectivity index is 2.29. The molecule has 1 aliphatic rings. The first-order valence-electron chi connectivity index (χ1n) is 4.86. The highest BCUT2D eigenvalue weighted by Crippen LogP contribution is 2.17. The van der Waals surface area contributed by atoms with Gasteiger partial charge >= 0.3 is 0 Å². The fourth-order valence-electron chi connectivity index (χ4n) is 1.69. The molecule has 1 aliphatic heterocycles. The molecule has 0 atom stereocenters. The van der Waals surface area contributed by atoms with Crippen LogP contribution in [0.1, 0.15) is 26.7 Å². The number of Topliss-reactive ketones (excluding diaryl/α,β-unsaturated/α-hetero) is 1. The molecule has 1 heterocycles. The molecule has 0 aromatic rings. The lowest BCUT2D eigenvalue weighted by molar-refractivity contribution is -0.122. The van der Waals surface area contributed by atoms with Crippen molar-refractivity contribution in [1.82, 2.24) is 4.90 Å². The van der Waals surface area contributed by atoms with Crippen LogP contribution >= 0.6 is 0 Å². The van der Waals surface area contributed by atoms with E-state index in [2.05, 4.69) is 16.7 Å². The van der Waals surface area contributed by atoms with Crippen LogP contribution in [-0.2, 0) is 4.79 Å². The summed E-state index contributed by atoms with van der Waals surface area (Å²) in [6.45, 7) is 6.48. The third-order valence-electron chi connectivity index (χ3n) is 2.64. The first kappa shape index (κ1) is 10.3. The highest BCUT2D eigenvalue weighted by molar-refractivity contribution is 5.78. The molecule has 0 radical (unpaired) electrons. The van der Waals surface area contributed by atoms with E-state index in [4.69, 9.17) is 0 Å². The highest BCUT2D eigenvalue weighted by atomic mass is 16.1. The van der Waals surface area contributed by atoms with Crippen LogP contribution in [0.5, 0.6) is 0 Å². The van der Waals surface area contributed by atoms with Gasteiger partial charge in [0.15, 0.2) is 0 Å². The van der Waals surface area contributed by atoms with E-state index in [0.29, 0.717) is 11.7 Å². The number of hydrogen-bond acceptors (Lipinski definition) is 2. The van der Waals surface area contributed by atoms with Crippen LogP contribution in [0, 0.1) is 17.8 Å². The number of ketones is 1. The van der Waals surface area contributed by atoms with E-state index in [0.717, 1.165) is 32.5 Å². The van der Waals surface area contributed by atoms with Crippen LogP contribution in [0.15, 0.2) is 0 Å². The summed E-state index contributed by atoms with van der Waals surface area (Å²) < 4.78 is 0. The minimum absolute atomic E-state index is 0.311. The summed E-state index contributed by atoms with van der Waals surface area (Å²) in [5.41, 5.74) is 0. The highest BCUT2D eigenvalue weighted by Gasteiger charge is 2.21. The summed E-state index contributed by atoms with van der Waals surface area (Å²) in [5, 5.41) is 0. The molecule has 1 fully saturated rings. The Hall–Kier alpha value is -0.810. The average Bonchev–Trinajstić information content (AvgIpc) is 2.15. The van der Waals surface area contributed by atoms with Gasteiger partial charge in [-0.05, 0) is 39.8 Å². The molecule has 2 heteroatoms. The molecule has 0 aliphatic carbocycles. The number of carbonyl (C=O) groups excluding carboxylic acids is 1. The van der Waals surface area contributed by atoms with Gasteiger partial charge in [0.25, 0.3) is 0 Å². The number of carbonyl (C=O) groups is 1. The number of rotatable bonds is 2. The second kappa shape index (κ2) is 5.04. The summed E-state index contributed by atoms with van der Waals surface area (Å²) in [7, 11) is 0. The quantitative estimate of drug-likeness (QED) is 0.596. The zero-order valence-corrected chi connectivity index (χ0v) is 8.47. The van der Waals surface area contributed by atoms with E-state index >= 15 is 0 Å². The summed E-state index contributed by atoms with van der Waals surface area (Å²) in [5.74, 6) is 6.60. The van der Waals surface area contributed by atoms with E-state index in [1.165, 1.54) is 0 Å². The molecule has 2 nitrogen and oxygen atoms in total. The van der Waals surface area contributed by atoms with Crippen molar-refractivity contribution < 1.29 is 4.79 Å². The predicted molar refractivity (Wildman–Crippen MR) is 53.3 cm³/mol. The van der Waals surface area contributed by atoms with E-state index < -0.39 is 0 Å². The summed E-state index contributed by atoms with van der Waals surface area (Å²) >= 11 is 0. The lowest BCUT2D eigenvalue weighted by Crippen LogP contribution is -2.35. The van der Waals surface area contributed by atoms with Gasteiger partial charge in [0.2, 0.25) is 0 Å². The summed E-state index contributed by atoms with van der Waals surface area (Å²) in [4.78, 5) is 13.4. The molecule has 0 aromatic heterocycles. The maximum Gasteiger partial charge on any atom is 0.133 e. The molecule has 72 valence electrons. The molecule has 1 saturated heterocycles. The van der Waals surface area contributed by atoms with Crippen LogP contribution in [0.3, 0.4) is 0 Å². The second-order valence-electron chi connectivity index (χ2n) is 3.59. The third-order valence-corrected chi connectivity index (χ3v) is 2.64. The molecular weight excluding hydrogens is 162 g/mol. The first-order chi connectivity index (χ1) is 6.24. The monoisotopic (exact) mass is 179 g/mol. The Morgan fingerprint density at radius 2 is 2.08 bits per heavy atom. The molecule has 0 N–H and O–H groups in total. The van der Waals surface area contributed by atoms with E-state index in [9.17, 15) is 4.79 Å². The van der Waals surface area contributed by atoms with Crippen LogP contribution < -0.4 is 0 Å². The average molecular weight is 179 g/mol. The maximum absolute atomic E-state index is 11.1. The Kier molecular flexibility index (Phi) is 3.98. The molecule has 0 aromatic carbocycles. The van der Waals surface area contributed by atoms with Crippen molar-refractivity contribution in [2.45, 2.75) is 26.7 Å². The minimum atomic E-state index is 0.311. The zero-order chi connectivity index (χ0) is 9.68. The van der Waals surface area contributed by atoms with Crippen LogP contribution in [0.2, 0.25) is 0 Å². The Morgan fingerprint density at radius 1 is 1.46 bits per heavy atom. The number of nitrogens with zero attached hydrogens (tertiary/aromatic N) is 1. The second-order valence-corrected chi connectivity index (χ2v) is 3.59. The first-order valence-corrected chi connectivity index (χ1v) is 4.86. The Labute approximate surface area is 80.3 Å². The zero-order valence-electron chi connectivity index (χ0n) is 8.47. The van der Waals surface area contributed by atoms with Gasteiger partial charge in [-0.1, -0.05) is 5.92 Å². The number of likely N-dealkylation sites (tertiary alicyclic amines) is 1. The van der Waals surface area contributed by atoms with Crippen molar-refractivity contribution in [3.05, 3.63) is 0 Å². The van der Waals surface area contributed by atoms with Gasteiger partial charge in [-0.25, -0.2) is 0 Å². The standard InChI is InChI=1S/C11H17NO/c1-3-4-7-12-8-5-11(6-9-12)10(2)13/h11H,5-9H2,1-2H3. The third kappa shape index (κ3) is 3.20. The lowest BCUT2D eigenvalue weighted by Gasteiger charge is -2.29. The smallest absolute Gasteiger partial charge is 0.133 e. The fraction of sp³-hybridized carbons (Fsp3) is 0.727. The number of piperidine rings is 1. The minimum Gasteiger partial charge on any atom is -0.300 e. The molecule has 0 bridgehead atoms. The Bertz CT molecular complexity index is 228. The SMILES string of the molecule is CC#CCN1CCC(C(C)=O)CC1. The topological polar surface area (TPSA) is 20.3 Å². The van der Waals surface area contributed by atoms with Gasteiger partial charge < -0.3 is 0 Å². The summed E-state index contributed by atoms with van der Waals surface area (Å²) in [6.07, 6.45) is 2.03. The van der Waals surface area contributed by atoms with Crippen molar-refractivity contribution in [3.63, 3.8) is 0 Å².